The van der Waals surface area contributed by atoms with Gasteiger partial charge in [0.15, 0.2) is 21.0 Å². The summed E-state index contributed by atoms with van der Waals surface area (Å²) in [7, 11) is 0.773. The Kier molecular flexibility index (Phi) is 4.96. The number of rotatable bonds is 5. The first-order valence-corrected chi connectivity index (χ1v) is 11.0. The second-order valence-electron chi connectivity index (χ2n) is 7.39. The Hall–Kier alpha value is -3.41. The van der Waals surface area contributed by atoms with Crippen molar-refractivity contribution in [1.82, 2.24) is 23.6 Å². The fraction of sp³-hybridized carbons (Fsp3) is 0.368. The summed E-state index contributed by atoms with van der Waals surface area (Å²) >= 11 is 0. The number of likely N-dealkylation sites (tertiary alicyclic amines) is 1. The molecule has 1 aliphatic heterocycles. The van der Waals surface area contributed by atoms with Crippen molar-refractivity contribution in [3.05, 3.63) is 51.4 Å². The number of aryl methyl sites for hydroxylation is 1. The predicted octanol–water partition coefficient (Wildman–Crippen LogP) is -0.873. The topological polar surface area (TPSA) is 126 Å². The Morgan fingerprint density at radius 2 is 1.77 bits per heavy atom. The quantitative estimate of drug-likeness (QED) is 0.498. The lowest BCUT2D eigenvalue weighted by atomic mass is 10.2. The van der Waals surface area contributed by atoms with Gasteiger partial charge in [0.1, 0.15) is 17.5 Å². The zero-order valence-corrected chi connectivity index (χ0v) is 18.0. The normalized spacial score (nSPS) is 14.6. The highest BCUT2D eigenvalue weighted by molar-refractivity contribution is 7.92. The third-order valence-electron chi connectivity index (χ3n) is 5.55. The molecule has 2 aromatic heterocycles. The lowest BCUT2D eigenvalue weighted by Crippen LogP contribution is -2.57. The van der Waals surface area contributed by atoms with Gasteiger partial charge in [0, 0.05) is 27.2 Å². The highest BCUT2D eigenvalue weighted by atomic mass is 32.2. The van der Waals surface area contributed by atoms with Crippen molar-refractivity contribution in [3.8, 4) is 5.75 Å². The van der Waals surface area contributed by atoms with Gasteiger partial charge in [0.2, 0.25) is 5.91 Å². The van der Waals surface area contributed by atoms with Gasteiger partial charge in [0.05, 0.1) is 18.3 Å². The molecule has 1 saturated heterocycles. The van der Waals surface area contributed by atoms with Gasteiger partial charge in [-0.25, -0.2) is 18.2 Å². The number of sulfone groups is 1. The molecule has 4 rings (SSSR count). The molecule has 0 saturated carbocycles. The number of nitrogens with zero attached hydrogens (tertiary/aromatic N) is 5. The van der Waals surface area contributed by atoms with Crippen LogP contribution in [0.25, 0.3) is 11.2 Å². The number of methoxy groups -OCH3 is 1. The molecule has 1 aromatic carbocycles. The summed E-state index contributed by atoms with van der Waals surface area (Å²) in [6, 6.07) is 6.12. The molecule has 1 amide bonds. The van der Waals surface area contributed by atoms with E-state index in [4.69, 9.17) is 4.74 Å². The summed E-state index contributed by atoms with van der Waals surface area (Å²) in [5.74, 6) is 0.219. The Morgan fingerprint density at radius 1 is 1.13 bits per heavy atom. The molecule has 164 valence electrons. The highest BCUT2D eigenvalue weighted by Crippen LogP contribution is 2.25. The van der Waals surface area contributed by atoms with Crippen LogP contribution in [0.1, 0.15) is 0 Å². The second kappa shape index (κ2) is 7.38. The maximum Gasteiger partial charge on any atom is 0.332 e. The van der Waals surface area contributed by atoms with Gasteiger partial charge >= 0.3 is 5.69 Å². The molecule has 0 unspecified atom stereocenters. The summed E-state index contributed by atoms with van der Waals surface area (Å²) in [6.45, 7) is -0.0497. The molecule has 0 aliphatic carbocycles. The van der Waals surface area contributed by atoms with Gasteiger partial charge in [-0.05, 0) is 24.3 Å². The van der Waals surface area contributed by atoms with E-state index in [0.29, 0.717) is 5.75 Å². The average Bonchev–Trinajstić information content (AvgIpc) is 3.13. The molecule has 0 spiro atoms. The van der Waals surface area contributed by atoms with Crippen molar-refractivity contribution in [2.75, 3.05) is 20.2 Å². The first kappa shape index (κ1) is 20.8. The van der Waals surface area contributed by atoms with Crippen molar-refractivity contribution in [2.24, 2.45) is 14.1 Å². The zero-order valence-electron chi connectivity index (χ0n) is 17.2. The van der Waals surface area contributed by atoms with Gasteiger partial charge in [0.25, 0.3) is 5.56 Å². The smallest absolute Gasteiger partial charge is 0.332 e. The average molecular weight is 447 g/mol. The lowest BCUT2D eigenvalue weighted by Gasteiger charge is -2.38. The molecule has 1 fully saturated rings. The van der Waals surface area contributed by atoms with E-state index in [9.17, 15) is 22.8 Å². The Labute approximate surface area is 177 Å². The van der Waals surface area contributed by atoms with E-state index in [1.54, 1.807) is 12.1 Å². The third-order valence-corrected chi connectivity index (χ3v) is 7.66. The molecule has 11 nitrogen and oxygen atoms in total. The largest absolute Gasteiger partial charge is 0.497 e. The standard InChI is InChI=1S/C19H21N5O6S/c1-21-17-16(18(26)22(2)19(21)27)24(11-20-17)10-15(25)23-8-14(9-23)31(28,29)13-6-4-12(30-3)5-7-13/h4-7,11,14H,8-10H2,1-3H3. The van der Waals surface area contributed by atoms with Crippen molar-refractivity contribution in [3.63, 3.8) is 0 Å². The number of benzene rings is 1. The van der Waals surface area contributed by atoms with Gasteiger partial charge in [-0.2, -0.15) is 0 Å². The Bertz CT molecular complexity index is 1390. The van der Waals surface area contributed by atoms with Crippen molar-refractivity contribution < 1.29 is 17.9 Å². The highest BCUT2D eigenvalue weighted by Gasteiger charge is 2.40. The maximum absolute atomic E-state index is 12.8. The van der Waals surface area contributed by atoms with E-state index >= 15 is 0 Å². The van der Waals surface area contributed by atoms with Gasteiger partial charge in [-0.15, -0.1) is 0 Å². The number of carbonyl (C=O) groups is 1. The summed E-state index contributed by atoms with van der Waals surface area (Å²) in [6.07, 6.45) is 1.33. The molecule has 0 bridgehead atoms. The van der Waals surface area contributed by atoms with Crippen LogP contribution in [0.15, 0.2) is 45.1 Å². The predicted molar refractivity (Wildman–Crippen MR) is 111 cm³/mol. The van der Waals surface area contributed by atoms with E-state index in [0.717, 1.165) is 4.57 Å². The minimum Gasteiger partial charge on any atom is -0.497 e. The van der Waals surface area contributed by atoms with Gasteiger partial charge in [-0.1, -0.05) is 0 Å². The van der Waals surface area contributed by atoms with E-state index in [2.05, 4.69) is 4.98 Å². The number of amides is 1. The molecule has 3 aromatic rings. The van der Waals surface area contributed by atoms with Crippen LogP contribution in [0.4, 0.5) is 0 Å². The van der Waals surface area contributed by atoms with Crippen LogP contribution in [0.5, 0.6) is 5.75 Å². The number of carbonyl (C=O) groups excluding carboxylic acids is 1. The molecular formula is C19H21N5O6S. The molecule has 31 heavy (non-hydrogen) atoms. The van der Waals surface area contributed by atoms with Crippen LogP contribution in [-0.2, 0) is 35.3 Å². The summed E-state index contributed by atoms with van der Waals surface area (Å²) in [4.78, 5) is 42.8. The monoisotopic (exact) mass is 447 g/mol. The minimum absolute atomic E-state index is 0.0658. The summed E-state index contributed by atoms with van der Waals surface area (Å²) in [5, 5.41) is -0.696. The Balaban J connectivity index is 1.49. The van der Waals surface area contributed by atoms with E-state index in [1.165, 1.54) is 53.7 Å². The van der Waals surface area contributed by atoms with Crippen molar-refractivity contribution in [1.29, 1.82) is 0 Å². The summed E-state index contributed by atoms with van der Waals surface area (Å²) < 4.78 is 34.1. The van der Waals surface area contributed by atoms with E-state index in [-0.39, 0.29) is 41.6 Å². The van der Waals surface area contributed by atoms with E-state index < -0.39 is 26.3 Å². The Morgan fingerprint density at radius 3 is 2.39 bits per heavy atom. The molecule has 1 aliphatic rings. The number of hydrogen-bond donors (Lipinski definition) is 0. The first-order valence-electron chi connectivity index (χ1n) is 9.41. The SMILES string of the molecule is COc1ccc(S(=O)(=O)C2CN(C(=O)Cn3cnc4c3c(=O)n(C)c(=O)n4C)C2)cc1. The molecule has 0 radical (unpaired) electrons. The van der Waals surface area contributed by atoms with E-state index in [1.807, 2.05) is 0 Å². The third kappa shape index (κ3) is 3.32. The van der Waals surface area contributed by atoms with Crippen LogP contribution >= 0.6 is 0 Å². The van der Waals surface area contributed by atoms with Crippen LogP contribution in [0, 0.1) is 0 Å². The molecule has 0 atom stereocenters. The van der Waals surface area contributed by atoms with Crippen LogP contribution < -0.4 is 16.0 Å². The van der Waals surface area contributed by atoms with Crippen molar-refractivity contribution in [2.45, 2.75) is 16.7 Å². The number of fused-ring (bicyclic) bond motifs is 1. The molecule has 3 heterocycles. The lowest BCUT2D eigenvalue weighted by molar-refractivity contribution is -0.134. The van der Waals surface area contributed by atoms with Crippen LogP contribution in [0.3, 0.4) is 0 Å². The second-order valence-corrected chi connectivity index (χ2v) is 9.62. The van der Waals surface area contributed by atoms with Crippen molar-refractivity contribution >= 4 is 26.9 Å². The minimum atomic E-state index is -3.57. The number of imidazole rings is 1. The molecule has 0 N–H and O–H groups in total. The van der Waals surface area contributed by atoms with Gasteiger partial charge < -0.3 is 14.2 Å². The molecular weight excluding hydrogens is 426 g/mol. The van der Waals surface area contributed by atoms with Gasteiger partial charge in [-0.3, -0.25) is 18.7 Å². The first-order chi connectivity index (χ1) is 14.6. The number of hydrogen-bond acceptors (Lipinski definition) is 7. The number of aromatic nitrogens is 4. The number of ether oxygens (including phenoxy) is 1. The fourth-order valence-electron chi connectivity index (χ4n) is 3.56. The maximum atomic E-state index is 12.8. The molecule has 12 heteroatoms. The van der Waals surface area contributed by atoms with Crippen LogP contribution in [0.2, 0.25) is 0 Å². The van der Waals surface area contributed by atoms with Crippen LogP contribution in [-0.4, -0.2) is 63.4 Å². The summed E-state index contributed by atoms with van der Waals surface area (Å²) in [5.41, 5.74) is -0.735. The fourth-order valence-corrected chi connectivity index (χ4v) is 5.21. The zero-order chi connectivity index (χ0) is 22.5.